The van der Waals surface area contributed by atoms with Gasteiger partial charge in [-0.15, -0.1) is 0 Å². The van der Waals surface area contributed by atoms with Gasteiger partial charge in [-0.05, 0) is 54.1 Å². The van der Waals surface area contributed by atoms with Crippen LogP contribution in [0.4, 0.5) is 0 Å². The van der Waals surface area contributed by atoms with Gasteiger partial charge in [-0.25, -0.2) is 0 Å². The molecule has 0 atom stereocenters. The lowest BCUT2D eigenvalue weighted by molar-refractivity contribution is 0.0594. The van der Waals surface area contributed by atoms with E-state index in [1.54, 1.807) is 12.1 Å². The molecule has 1 aliphatic rings. The van der Waals surface area contributed by atoms with Crippen LogP contribution in [0.3, 0.4) is 0 Å². The summed E-state index contributed by atoms with van der Waals surface area (Å²) < 4.78 is 12.4. The van der Waals surface area contributed by atoms with Crippen LogP contribution in [0.15, 0.2) is 63.5 Å². The van der Waals surface area contributed by atoms with Crippen molar-refractivity contribution in [2.75, 3.05) is 26.2 Å². The number of halogens is 3. The Morgan fingerprint density at radius 3 is 2.42 bits per heavy atom. The van der Waals surface area contributed by atoms with Gasteiger partial charge in [0.1, 0.15) is 18.1 Å². The molecule has 2 aromatic carbocycles. The Hall–Kier alpha value is -1.99. The first kappa shape index (κ1) is 22.2. The number of benzene rings is 2. The lowest BCUT2D eigenvalue weighted by atomic mass is 10.2. The fraction of sp³-hybridized carbons (Fsp3) is 0.261. The molecule has 0 spiro atoms. The molecule has 2 heterocycles. The molecule has 1 fully saturated rings. The van der Waals surface area contributed by atoms with Gasteiger partial charge in [0.2, 0.25) is 0 Å². The standard InChI is InChI=1S/C23H21BrCl2N2O3/c24-17-2-4-18(5-3-17)30-15-19-6-8-22(31-19)23(29)28-11-9-27(10-12-28)14-16-1-7-20(25)21(26)13-16/h1-8,13H,9-12,14-15H2. The zero-order valence-corrected chi connectivity index (χ0v) is 19.8. The third-order valence-corrected chi connectivity index (χ3v) is 6.38. The Morgan fingerprint density at radius 1 is 0.968 bits per heavy atom. The van der Waals surface area contributed by atoms with Crippen LogP contribution < -0.4 is 4.74 Å². The largest absolute Gasteiger partial charge is 0.486 e. The predicted octanol–water partition coefficient (Wildman–Crippen LogP) is 5.89. The Kier molecular flexibility index (Phi) is 7.23. The van der Waals surface area contributed by atoms with E-state index in [2.05, 4.69) is 20.8 Å². The number of rotatable bonds is 6. The zero-order valence-electron chi connectivity index (χ0n) is 16.7. The molecule has 3 aromatic rings. The molecule has 1 aliphatic heterocycles. The quantitative estimate of drug-likeness (QED) is 0.404. The second-order valence-electron chi connectivity index (χ2n) is 7.33. The summed E-state index contributed by atoms with van der Waals surface area (Å²) in [6, 6.07) is 16.7. The lowest BCUT2D eigenvalue weighted by Gasteiger charge is -2.34. The second kappa shape index (κ2) is 10.1. The highest BCUT2D eigenvalue weighted by Gasteiger charge is 2.24. The predicted molar refractivity (Wildman–Crippen MR) is 125 cm³/mol. The van der Waals surface area contributed by atoms with Crippen LogP contribution >= 0.6 is 39.1 Å². The summed E-state index contributed by atoms with van der Waals surface area (Å²) in [6.45, 7) is 3.90. The molecule has 1 aromatic heterocycles. The molecule has 0 unspecified atom stereocenters. The Morgan fingerprint density at radius 2 is 1.71 bits per heavy atom. The summed E-state index contributed by atoms with van der Waals surface area (Å²) in [5.74, 6) is 1.60. The van der Waals surface area contributed by atoms with Gasteiger partial charge in [-0.1, -0.05) is 45.2 Å². The van der Waals surface area contributed by atoms with Crippen molar-refractivity contribution in [3.63, 3.8) is 0 Å². The van der Waals surface area contributed by atoms with E-state index in [1.165, 1.54) is 0 Å². The number of ether oxygens (including phenoxy) is 1. The molecule has 5 nitrogen and oxygen atoms in total. The Labute approximate surface area is 199 Å². The minimum absolute atomic E-state index is 0.0934. The number of hydrogen-bond donors (Lipinski definition) is 0. The highest BCUT2D eigenvalue weighted by Crippen LogP contribution is 2.24. The van der Waals surface area contributed by atoms with Crippen LogP contribution in [0.25, 0.3) is 0 Å². The fourth-order valence-corrected chi connectivity index (χ4v) is 4.00. The van der Waals surface area contributed by atoms with Crippen molar-refractivity contribution in [1.29, 1.82) is 0 Å². The van der Waals surface area contributed by atoms with E-state index in [-0.39, 0.29) is 12.5 Å². The van der Waals surface area contributed by atoms with Crippen molar-refractivity contribution >= 4 is 45.0 Å². The van der Waals surface area contributed by atoms with E-state index in [0.29, 0.717) is 34.7 Å². The number of amides is 1. The molecule has 0 radical (unpaired) electrons. The molecule has 1 amide bonds. The van der Waals surface area contributed by atoms with Gasteiger partial charge in [0.05, 0.1) is 10.0 Å². The first-order valence-electron chi connectivity index (χ1n) is 9.90. The van der Waals surface area contributed by atoms with E-state index < -0.39 is 0 Å². The molecule has 162 valence electrons. The van der Waals surface area contributed by atoms with Gasteiger partial charge in [0.15, 0.2) is 5.76 Å². The van der Waals surface area contributed by atoms with Crippen molar-refractivity contribution in [3.8, 4) is 5.75 Å². The van der Waals surface area contributed by atoms with E-state index in [0.717, 1.165) is 35.4 Å². The number of piperazine rings is 1. The van der Waals surface area contributed by atoms with Gasteiger partial charge >= 0.3 is 0 Å². The van der Waals surface area contributed by atoms with Crippen LogP contribution in [0.2, 0.25) is 10.0 Å². The number of nitrogens with zero attached hydrogens (tertiary/aromatic N) is 2. The van der Waals surface area contributed by atoms with E-state index in [4.69, 9.17) is 32.4 Å². The smallest absolute Gasteiger partial charge is 0.289 e. The highest BCUT2D eigenvalue weighted by molar-refractivity contribution is 9.10. The molecule has 1 saturated heterocycles. The zero-order chi connectivity index (χ0) is 21.8. The summed E-state index contributed by atoms with van der Waals surface area (Å²) in [7, 11) is 0. The Balaban J connectivity index is 1.27. The first-order valence-corrected chi connectivity index (χ1v) is 11.5. The number of hydrogen-bond acceptors (Lipinski definition) is 4. The van der Waals surface area contributed by atoms with E-state index in [9.17, 15) is 4.79 Å². The maximum atomic E-state index is 12.8. The second-order valence-corrected chi connectivity index (χ2v) is 9.06. The maximum Gasteiger partial charge on any atom is 0.289 e. The summed E-state index contributed by atoms with van der Waals surface area (Å²) >= 11 is 15.5. The van der Waals surface area contributed by atoms with Crippen molar-refractivity contribution in [2.24, 2.45) is 0 Å². The third kappa shape index (κ3) is 5.83. The molecule has 4 rings (SSSR count). The third-order valence-electron chi connectivity index (χ3n) is 5.12. The summed E-state index contributed by atoms with van der Waals surface area (Å²) in [5.41, 5.74) is 1.11. The monoisotopic (exact) mass is 522 g/mol. The molecule has 0 saturated carbocycles. The highest BCUT2D eigenvalue weighted by atomic mass is 79.9. The SMILES string of the molecule is O=C(c1ccc(COc2ccc(Br)cc2)o1)N1CCN(Cc2ccc(Cl)c(Cl)c2)CC1. The van der Waals surface area contributed by atoms with Gasteiger partial charge < -0.3 is 14.1 Å². The average Bonchev–Trinajstić information content (AvgIpc) is 3.25. The van der Waals surface area contributed by atoms with Crippen LogP contribution in [-0.4, -0.2) is 41.9 Å². The molecule has 8 heteroatoms. The topological polar surface area (TPSA) is 45.9 Å². The van der Waals surface area contributed by atoms with Crippen LogP contribution in [0.1, 0.15) is 21.9 Å². The van der Waals surface area contributed by atoms with E-state index >= 15 is 0 Å². The van der Waals surface area contributed by atoms with E-state index in [1.807, 2.05) is 47.4 Å². The lowest BCUT2D eigenvalue weighted by Crippen LogP contribution is -2.48. The van der Waals surface area contributed by atoms with Crippen molar-refractivity contribution in [2.45, 2.75) is 13.2 Å². The molecular formula is C23H21BrCl2N2O3. The molecule has 0 aliphatic carbocycles. The first-order chi connectivity index (χ1) is 15.0. The normalized spacial score (nSPS) is 14.6. The van der Waals surface area contributed by atoms with Crippen molar-refractivity contribution < 1.29 is 13.9 Å². The molecule has 31 heavy (non-hydrogen) atoms. The van der Waals surface area contributed by atoms with Crippen molar-refractivity contribution in [1.82, 2.24) is 9.80 Å². The average molecular weight is 524 g/mol. The number of carbonyl (C=O) groups is 1. The molecule has 0 N–H and O–H groups in total. The van der Waals surface area contributed by atoms with Gasteiger partial charge in [-0.2, -0.15) is 0 Å². The summed E-state index contributed by atoms with van der Waals surface area (Å²) in [5, 5.41) is 1.12. The number of furan rings is 1. The van der Waals surface area contributed by atoms with Crippen LogP contribution in [0, 0.1) is 0 Å². The van der Waals surface area contributed by atoms with Gasteiger partial charge in [0, 0.05) is 37.2 Å². The maximum absolute atomic E-state index is 12.8. The summed E-state index contributed by atoms with van der Waals surface area (Å²) in [4.78, 5) is 16.9. The fourth-order valence-electron chi connectivity index (χ4n) is 3.42. The van der Waals surface area contributed by atoms with Crippen LogP contribution in [0.5, 0.6) is 5.75 Å². The molecular weight excluding hydrogens is 503 g/mol. The minimum atomic E-state index is -0.0934. The van der Waals surface area contributed by atoms with Gasteiger partial charge in [0.25, 0.3) is 5.91 Å². The van der Waals surface area contributed by atoms with Crippen molar-refractivity contribution in [3.05, 3.63) is 86.2 Å². The molecule has 0 bridgehead atoms. The Bertz CT molecular complexity index is 1050. The van der Waals surface area contributed by atoms with Gasteiger partial charge in [-0.3, -0.25) is 9.69 Å². The minimum Gasteiger partial charge on any atom is -0.486 e. The van der Waals surface area contributed by atoms with Crippen LogP contribution in [-0.2, 0) is 13.2 Å². The summed E-state index contributed by atoms with van der Waals surface area (Å²) in [6.07, 6.45) is 0. The number of carbonyl (C=O) groups excluding carboxylic acids is 1.